The maximum atomic E-state index is 12.2. The fourth-order valence-corrected chi connectivity index (χ4v) is 3.54. The molecule has 1 fully saturated rings. The van der Waals surface area contributed by atoms with Gasteiger partial charge in [0.2, 0.25) is 10.0 Å². The highest BCUT2D eigenvalue weighted by molar-refractivity contribution is 7.89. The lowest BCUT2D eigenvalue weighted by molar-refractivity contribution is 0.263. The smallest absolute Gasteiger partial charge is 0.243 e. The highest BCUT2D eigenvalue weighted by atomic mass is 35.5. The van der Waals surface area contributed by atoms with Crippen LogP contribution in [0.15, 0.2) is 23.2 Å². The fourth-order valence-electron chi connectivity index (χ4n) is 1.87. The zero-order valence-electron chi connectivity index (χ0n) is 9.63. The van der Waals surface area contributed by atoms with Crippen LogP contribution in [0.4, 0.5) is 0 Å². The second-order valence-electron chi connectivity index (χ2n) is 4.37. The first-order chi connectivity index (χ1) is 8.01. The molecule has 1 aromatic rings. The van der Waals surface area contributed by atoms with E-state index in [0.717, 1.165) is 12.8 Å². The third kappa shape index (κ3) is 2.61. The Morgan fingerprint density at radius 2 is 2.24 bits per heavy atom. The van der Waals surface area contributed by atoms with Crippen LogP contribution in [0.5, 0.6) is 0 Å². The molecule has 0 saturated heterocycles. The lowest BCUT2D eigenvalue weighted by Gasteiger charge is -2.29. The van der Waals surface area contributed by atoms with Crippen molar-refractivity contribution in [3.8, 4) is 0 Å². The Bertz CT molecular complexity index is 500. The zero-order chi connectivity index (χ0) is 12.5. The van der Waals surface area contributed by atoms with Gasteiger partial charge in [0.05, 0.1) is 0 Å². The summed E-state index contributed by atoms with van der Waals surface area (Å²) in [6.07, 6.45) is 4.90. The van der Waals surface area contributed by atoms with Gasteiger partial charge in [-0.1, -0.05) is 18.0 Å². The minimum atomic E-state index is -3.50. The molecule has 17 heavy (non-hydrogen) atoms. The molecule has 0 aliphatic heterocycles. The third-order valence-corrected chi connectivity index (χ3v) is 5.42. The largest absolute Gasteiger partial charge is 0.245 e. The van der Waals surface area contributed by atoms with E-state index in [-0.39, 0.29) is 10.0 Å². The molecule has 1 saturated carbocycles. The van der Waals surface area contributed by atoms with Gasteiger partial charge in [-0.2, -0.15) is 0 Å². The summed E-state index contributed by atoms with van der Waals surface area (Å²) in [5.74, 6) is 0.491. The first-order valence-electron chi connectivity index (χ1n) is 5.58. The third-order valence-electron chi connectivity index (χ3n) is 3.15. The van der Waals surface area contributed by atoms with E-state index >= 15 is 0 Å². The number of halogens is 1. The first-order valence-corrected chi connectivity index (χ1v) is 7.40. The molecule has 94 valence electrons. The standard InChI is InChI=1S/C11H15ClN2O2S/c1-14(8-9-4-2-5-9)17(15,16)10-6-3-7-13-11(10)12/h3,6-7,9H,2,4-5,8H2,1H3. The van der Waals surface area contributed by atoms with E-state index in [1.807, 2.05) is 0 Å². The number of sulfonamides is 1. The number of rotatable bonds is 4. The molecule has 1 heterocycles. The maximum absolute atomic E-state index is 12.2. The Kier molecular flexibility index (Phi) is 3.70. The molecule has 0 aromatic carbocycles. The lowest BCUT2D eigenvalue weighted by atomic mass is 9.86. The molecule has 0 atom stereocenters. The summed E-state index contributed by atoms with van der Waals surface area (Å²) >= 11 is 5.82. The van der Waals surface area contributed by atoms with Crippen LogP contribution in [0.2, 0.25) is 5.15 Å². The summed E-state index contributed by atoms with van der Waals surface area (Å²) in [5, 5.41) is 0.0351. The van der Waals surface area contributed by atoms with Crippen LogP contribution in [0.1, 0.15) is 19.3 Å². The molecule has 0 amide bonds. The molecular formula is C11H15ClN2O2S. The van der Waals surface area contributed by atoms with Crippen molar-refractivity contribution < 1.29 is 8.42 Å². The van der Waals surface area contributed by atoms with Gasteiger partial charge in [-0.3, -0.25) is 0 Å². The molecule has 2 rings (SSSR count). The van der Waals surface area contributed by atoms with E-state index in [0.29, 0.717) is 12.5 Å². The van der Waals surface area contributed by atoms with Crippen LogP contribution >= 0.6 is 11.6 Å². The Balaban J connectivity index is 2.20. The summed E-state index contributed by atoms with van der Waals surface area (Å²) in [6.45, 7) is 0.563. The summed E-state index contributed by atoms with van der Waals surface area (Å²) in [4.78, 5) is 3.89. The van der Waals surface area contributed by atoms with Crippen molar-refractivity contribution in [3.05, 3.63) is 23.5 Å². The van der Waals surface area contributed by atoms with Gasteiger partial charge in [-0.25, -0.2) is 17.7 Å². The van der Waals surface area contributed by atoms with E-state index in [2.05, 4.69) is 4.98 Å². The minimum absolute atomic E-state index is 0.0351. The van der Waals surface area contributed by atoms with E-state index in [9.17, 15) is 8.42 Å². The van der Waals surface area contributed by atoms with E-state index < -0.39 is 10.0 Å². The van der Waals surface area contributed by atoms with Gasteiger partial charge in [0.1, 0.15) is 10.0 Å². The van der Waals surface area contributed by atoms with Gasteiger partial charge in [0.25, 0.3) is 0 Å². The number of nitrogens with zero attached hydrogens (tertiary/aromatic N) is 2. The van der Waals surface area contributed by atoms with E-state index in [1.165, 1.54) is 23.0 Å². The first kappa shape index (κ1) is 12.8. The minimum Gasteiger partial charge on any atom is -0.243 e. The van der Waals surface area contributed by atoms with Crippen molar-refractivity contribution in [2.45, 2.75) is 24.2 Å². The Labute approximate surface area is 107 Å². The molecular weight excluding hydrogens is 260 g/mol. The van der Waals surface area contributed by atoms with Crippen molar-refractivity contribution in [2.75, 3.05) is 13.6 Å². The Morgan fingerprint density at radius 3 is 2.76 bits per heavy atom. The molecule has 1 aliphatic rings. The van der Waals surface area contributed by atoms with Crippen LogP contribution in [0, 0.1) is 5.92 Å². The molecule has 0 radical (unpaired) electrons. The van der Waals surface area contributed by atoms with Crippen molar-refractivity contribution in [1.82, 2.24) is 9.29 Å². The number of hydrogen-bond donors (Lipinski definition) is 0. The fraction of sp³-hybridized carbons (Fsp3) is 0.545. The van der Waals surface area contributed by atoms with Gasteiger partial charge in [-0.05, 0) is 30.9 Å². The molecule has 1 aromatic heterocycles. The van der Waals surface area contributed by atoms with Crippen LogP contribution < -0.4 is 0 Å². The van der Waals surface area contributed by atoms with Gasteiger partial charge < -0.3 is 0 Å². The summed E-state index contributed by atoms with van der Waals surface area (Å²) in [5.41, 5.74) is 0. The normalized spacial score (nSPS) is 17.1. The second kappa shape index (κ2) is 4.92. The predicted octanol–water partition coefficient (Wildman–Crippen LogP) is 2.16. The predicted molar refractivity (Wildman–Crippen MR) is 66.4 cm³/mol. The number of pyridine rings is 1. The van der Waals surface area contributed by atoms with E-state index in [1.54, 1.807) is 13.1 Å². The Morgan fingerprint density at radius 1 is 1.53 bits per heavy atom. The molecule has 6 heteroatoms. The highest BCUT2D eigenvalue weighted by Crippen LogP contribution is 2.29. The van der Waals surface area contributed by atoms with Crippen molar-refractivity contribution in [2.24, 2.45) is 5.92 Å². The van der Waals surface area contributed by atoms with Gasteiger partial charge in [-0.15, -0.1) is 0 Å². The summed E-state index contributed by atoms with van der Waals surface area (Å²) < 4.78 is 25.8. The monoisotopic (exact) mass is 274 g/mol. The maximum Gasteiger partial charge on any atom is 0.245 e. The molecule has 0 N–H and O–H groups in total. The SMILES string of the molecule is CN(CC1CCC1)S(=O)(=O)c1cccnc1Cl. The molecule has 0 unspecified atom stereocenters. The molecule has 4 nitrogen and oxygen atoms in total. The van der Waals surface area contributed by atoms with Gasteiger partial charge >= 0.3 is 0 Å². The quantitative estimate of drug-likeness (QED) is 0.791. The zero-order valence-corrected chi connectivity index (χ0v) is 11.2. The van der Waals surface area contributed by atoms with Gasteiger partial charge in [0, 0.05) is 19.8 Å². The van der Waals surface area contributed by atoms with Crippen LogP contribution in [-0.4, -0.2) is 31.3 Å². The summed E-state index contributed by atoms with van der Waals surface area (Å²) in [6, 6.07) is 3.07. The molecule has 1 aliphatic carbocycles. The van der Waals surface area contributed by atoms with Crippen LogP contribution in [0.25, 0.3) is 0 Å². The summed E-state index contributed by atoms with van der Waals surface area (Å²) in [7, 11) is -1.91. The van der Waals surface area contributed by atoms with E-state index in [4.69, 9.17) is 11.6 Å². The molecule has 0 spiro atoms. The number of aromatic nitrogens is 1. The second-order valence-corrected chi connectivity index (χ2v) is 6.75. The topological polar surface area (TPSA) is 50.3 Å². The van der Waals surface area contributed by atoms with Crippen molar-refractivity contribution >= 4 is 21.6 Å². The Hall–Kier alpha value is -0.650. The average molecular weight is 275 g/mol. The van der Waals surface area contributed by atoms with Crippen LogP contribution in [0.3, 0.4) is 0 Å². The average Bonchev–Trinajstić information content (AvgIpc) is 2.23. The van der Waals surface area contributed by atoms with Crippen LogP contribution in [-0.2, 0) is 10.0 Å². The highest BCUT2D eigenvalue weighted by Gasteiger charge is 2.28. The van der Waals surface area contributed by atoms with Crippen molar-refractivity contribution in [3.63, 3.8) is 0 Å². The van der Waals surface area contributed by atoms with Crippen molar-refractivity contribution in [1.29, 1.82) is 0 Å². The molecule has 0 bridgehead atoms. The lowest BCUT2D eigenvalue weighted by Crippen LogP contribution is -2.34. The number of hydrogen-bond acceptors (Lipinski definition) is 3. The van der Waals surface area contributed by atoms with Gasteiger partial charge in [0.15, 0.2) is 0 Å².